The molecule has 2 aliphatic heterocycles. The second-order valence-electron chi connectivity index (χ2n) is 9.73. The van der Waals surface area contributed by atoms with Crippen LogP contribution in [0.25, 0.3) is 5.57 Å². The molecule has 5 rings (SSSR count). The number of piperazine rings is 1. The summed E-state index contributed by atoms with van der Waals surface area (Å²) in [6.07, 6.45) is 2.55. The molecular formula is C27H29Cl2N3O5. The van der Waals surface area contributed by atoms with Crippen molar-refractivity contribution in [1.29, 1.82) is 0 Å². The van der Waals surface area contributed by atoms with Crippen molar-refractivity contribution in [3.05, 3.63) is 63.1 Å². The number of nitrogens with one attached hydrogen (secondary N) is 2. The van der Waals surface area contributed by atoms with Gasteiger partial charge in [-0.25, -0.2) is 9.59 Å². The number of hydrogen-bond acceptors (Lipinski definition) is 5. The first kappa shape index (κ1) is 25.7. The van der Waals surface area contributed by atoms with Crippen LogP contribution in [0.3, 0.4) is 0 Å². The third-order valence-electron chi connectivity index (χ3n) is 6.77. The lowest BCUT2D eigenvalue weighted by Gasteiger charge is -2.43. The van der Waals surface area contributed by atoms with Gasteiger partial charge in [0.25, 0.3) is 0 Å². The van der Waals surface area contributed by atoms with Crippen LogP contribution in [0.1, 0.15) is 30.4 Å². The molecular weight excluding hydrogens is 517 g/mol. The maximum absolute atomic E-state index is 12.6. The van der Waals surface area contributed by atoms with E-state index in [2.05, 4.69) is 10.6 Å². The van der Waals surface area contributed by atoms with E-state index in [0.717, 1.165) is 29.5 Å². The van der Waals surface area contributed by atoms with Crippen molar-refractivity contribution in [2.24, 2.45) is 0 Å². The van der Waals surface area contributed by atoms with Crippen LogP contribution >= 0.6 is 23.2 Å². The first-order valence-corrected chi connectivity index (χ1v) is 13.1. The van der Waals surface area contributed by atoms with Crippen LogP contribution in [0.15, 0.2) is 42.0 Å². The normalized spacial score (nSPS) is 21.0. The Balaban J connectivity index is 1.22. The molecule has 2 fully saturated rings. The molecule has 2 amide bonds. The molecule has 8 nitrogen and oxygen atoms in total. The van der Waals surface area contributed by atoms with Crippen molar-refractivity contribution < 1.29 is 24.2 Å². The van der Waals surface area contributed by atoms with Gasteiger partial charge in [-0.2, -0.15) is 0 Å². The number of aryl methyl sites for hydroxylation is 1. The van der Waals surface area contributed by atoms with Gasteiger partial charge >= 0.3 is 12.0 Å². The van der Waals surface area contributed by atoms with E-state index in [0.29, 0.717) is 46.6 Å². The van der Waals surface area contributed by atoms with Crippen LogP contribution in [-0.2, 0) is 4.79 Å². The first-order valence-electron chi connectivity index (χ1n) is 12.4. The lowest BCUT2D eigenvalue weighted by Crippen LogP contribution is -2.62. The van der Waals surface area contributed by atoms with Crippen LogP contribution in [0, 0.1) is 6.92 Å². The van der Waals surface area contributed by atoms with Gasteiger partial charge in [-0.05, 0) is 67.2 Å². The summed E-state index contributed by atoms with van der Waals surface area (Å²) in [6.45, 7) is 3.33. The van der Waals surface area contributed by atoms with Crippen molar-refractivity contribution in [2.45, 2.75) is 44.3 Å². The number of amides is 2. The summed E-state index contributed by atoms with van der Waals surface area (Å²) in [5.41, 5.74) is 2.90. The molecule has 1 aliphatic carbocycles. The average Bonchev–Trinajstić information content (AvgIpc) is 3.66. The fourth-order valence-corrected chi connectivity index (χ4v) is 5.61. The molecule has 0 spiro atoms. The maximum Gasteiger partial charge on any atom is 0.333 e. The second-order valence-corrected chi connectivity index (χ2v) is 10.5. The number of carbonyl (C=O) groups excluding carboxylic acids is 1. The van der Waals surface area contributed by atoms with E-state index < -0.39 is 12.0 Å². The minimum Gasteiger partial charge on any atom is -0.490 e. The Kier molecular flexibility index (Phi) is 7.51. The number of carboxylic acids is 1. The van der Waals surface area contributed by atoms with E-state index in [4.69, 9.17) is 32.7 Å². The summed E-state index contributed by atoms with van der Waals surface area (Å²) in [6, 6.07) is 10.7. The zero-order chi connectivity index (χ0) is 26.1. The highest BCUT2D eigenvalue weighted by Crippen LogP contribution is 2.35. The van der Waals surface area contributed by atoms with Crippen molar-refractivity contribution in [3.63, 3.8) is 0 Å². The Hall–Kier alpha value is -2.94. The van der Waals surface area contributed by atoms with E-state index in [1.165, 1.54) is 0 Å². The molecule has 0 aromatic heterocycles. The highest BCUT2D eigenvalue weighted by atomic mass is 35.5. The van der Waals surface area contributed by atoms with Crippen LogP contribution in [0.2, 0.25) is 10.0 Å². The predicted octanol–water partition coefficient (Wildman–Crippen LogP) is 4.52. The summed E-state index contributed by atoms with van der Waals surface area (Å²) >= 11 is 12.4. The molecule has 3 N–H and O–H groups in total. The minimum atomic E-state index is -0.971. The Morgan fingerprint density at radius 1 is 1.08 bits per heavy atom. The number of nitrogens with zero attached hydrogens (tertiary/aromatic N) is 1. The number of fused-ring (bicyclic) bond motifs is 2. The van der Waals surface area contributed by atoms with Gasteiger partial charge in [-0.15, -0.1) is 0 Å². The molecule has 1 saturated heterocycles. The monoisotopic (exact) mass is 545 g/mol. The number of hydrogen-bond donors (Lipinski definition) is 3. The number of halogens is 2. The fraction of sp³-hybridized carbons (Fsp3) is 0.407. The van der Waals surface area contributed by atoms with Crippen molar-refractivity contribution >= 4 is 40.8 Å². The molecule has 2 atom stereocenters. The Morgan fingerprint density at radius 3 is 2.41 bits per heavy atom. The third kappa shape index (κ3) is 5.98. The molecule has 0 radical (unpaired) electrons. The highest BCUT2D eigenvalue weighted by molar-refractivity contribution is 6.37. The molecule has 10 heteroatoms. The quantitative estimate of drug-likeness (QED) is 0.422. The maximum atomic E-state index is 12.6. The number of rotatable bonds is 8. The molecule has 2 bridgehead atoms. The molecule has 37 heavy (non-hydrogen) atoms. The van der Waals surface area contributed by atoms with Gasteiger partial charge in [0.2, 0.25) is 0 Å². The van der Waals surface area contributed by atoms with Crippen LogP contribution < -0.4 is 20.1 Å². The zero-order valence-electron chi connectivity index (χ0n) is 20.4. The van der Waals surface area contributed by atoms with E-state index in [9.17, 15) is 14.7 Å². The Morgan fingerprint density at radius 2 is 1.76 bits per heavy atom. The Bertz CT molecular complexity index is 1210. The average molecular weight is 546 g/mol. The van der Waals surface area contributed by atoms with Crippen molar-refractivity contribution in [1.82, 2.24) is 15.5 Å². The summed E-state index contributed by atoms with van der Waals surface area (Å²) < 4.78 is 11.5. The molecule has 0 unspecified atom stereocenters. The van der Waals surface area contributed by atoms with Gasteiger partial charge in [0, 0.05) is 25.2 Å². The topological polar surface area (TPSA) is 100 Å². The number of ether oxygens (including phenoxy) is 2. The van der Waals surface area contributed by atoms with Gasteiger partial charge in [-0.3, -0.25) is 0 Å². The number of carbonyl (C=O) groups is 2. The van der Waals surface area contributed by atoms with Crippen molar-refractivity contribution in [3.8, 4) is 11.5 Å². The molecule has 2 aromatic carbocycles. The first-order chi connectivity index (χ1) is 17.8. The van der Waals surface area contributed by atoms with Gasteiger partial charge in [0.05, 0.1) is 21.7 Å². The summed E-state index contributed by atoms with van der Waals surface area (Å²) in [7, 11) is 0. The lowest BCUT2D eigenvalue weighted by atomic mass is 9.83. The SMILES string of the molecule is Cc1cc(Cl)c(OCCOc2ccc(C3=C(C(=O)O)[C@H]4CN(C(=O)NC5CC5)C[C@@H](C3)N4)cc2)c(Cl)c1. The van der Waals surface area contributed by atoms with Crippen molar-refractivity contribution in [2.75, 3.05) is 26.3 Å². The third-order valence-corrected chi connectivity index (χ3v) is 7.33. The van der Waals surface area contributed by atoms with E-state index in [1.54, 1.807) is 17.0 Å². The number of benzene rings is 2. The van der Waals surface area contributed by atoms with Crippen LogP contribution in [-0.4, -0.2) is 66.4 Å². The largest absolute Gasteiger partial charge is 0.490 e. The van der Waals surface area contributed by atoms with E-state index in [1.807, 2.05) is 31.2 Å². The minimum absolute atomic E-state index is 0.00435. The molecule has 2 aromatic rings. The summed E-state index contributed by atoms with van der Waals surface area (Å²) in [4.78, 5) is 26.6. The summed E-state index contributed by atoms with van der Waals surface area (Å²) in [5, 5.41) is 17.3. The second kappa shape index (κ2) is 10.8. The highest BCUT2D eigenvalue weighted by Gasteiger charge is 2.40. The van der Waals surface area contributed by atoms with Gasteiger partial charge in [-0.1, -0.05) is 35.3 Å². The zero-order valence-corrected chi connectivity index (χ0v) is 21.9. The van der Waals surface area contributed by atoms with Gasteiger partial charge in [0.15, 0.2) is 5.75 Å². The molecule has 2 heterocycles. The lowest BCUT2D eigenvalue weighted by molar-refractivity contribution is -0.133. The van der Waals surface area contributed by atoms with E-state index in [-0.39, 0.29) is 31.3 Å². The van der Waals surface area contributed by atoms with E-state index >= 15 is 0 Å². The predicted molar refractivity (Wildman–Crippen MR) is 142 cm³/mol. The molecule has 1 saturated carbocycles. The van der Waals surface area contributed by atoms with Gasteiger partial charge < -0.3 is 30.1 Å². The number of carboxylic acid groups (broad SMARTS) is 1. The van der Waals surface area contributed by atoms with Crippen LogP contribution in [0.5, 0.6) is 11.5 Å². The fourth-order valence-electron chi connectivity index (χ4n) is 4.91. The molecule has 3 aliphatic rings. The smallest absolute Gasteiger partial charge is 0.333 e. The Labute approximate surface area is 225 Å². The van der Waals surface area contributed by atoms with Gasteiger partial charge in [0.1, 0.15) is 19.0 Å². The number of aliphatic carboxylic acids is 1. The van der Waals surface area contributed by atoms with Crippen LogP contribution in [0.4, 0.5) is 4.79 Å². The molecule has 196 valence electrons. The standard InChI is InChI=1S/C27H29Cl2N3O5/c1-15-10-21(28)25(22(29)11-15)37-9-8-36-19-6-2-16(3-7-19)20-12-18-13-32(27(35)31-17-4-5-17)14-23(30-18)24(20)26(33)34/h2-3,6-7,10-11,17-18,23,30H,4-5,8-9,12-14H2,1H3,(H,31,35)(H,33,34)/t18-,23-/m1/s1. The number of urea groups is 1. The summed E-state index contributed by atoms with van der Waals surface area (Å²) in [5.74, 6) is 0.102.